The Morgan fingerprint density at radius 2 is 1.71 bits per heavy atom. The van der Waals surface area contributed by atoms with Gasteiger partial charge < -0.3 is 30.2 Å². The molecule has 186 valence electrons. The molecule has 9 nitrogen and oxygen atoms in total. The van der Waals surface area contributed by atoms with Crippen molar-refractivity contribution in [2.75, 3.05) is 34.9 Å². The maximum absolute atomic E-state index is 13.3. The SMILES string of the molecule is COc1cc(OC)c(C(=O)NC[C@]2(c3ccccc3)CC[C@H](N(C)C(N)=NC#N)CC2)cc1OC. The summed E-state index contributed by atoms with van der Waals surface area (Å²) in [6.45, 7) is 0.464. The first-order valence-electron chi connectivity index (χ1n) is 11.5. The predicted octanol–water partition coefficient (Wildman–Crippen LogP) is 3.05. The molecular weight excluding hydrogens is 446 g/mol. The van der Waals surface area contributed by atoms with E-state index < -0.39 is 0 Å². The Morgan fingerprint density at radius 1 is 1.11 bits per heavy atom. The standard InChI is InChI=1S/C26H33N5O4/c1-31(25(28)30-17-27)19-10-12-26(13-11-19,18-8-6-5-7-9-18)16-29-24(32)20-14-22(34-3)23(35-4)15-21(20)33-2/h5-9,14-15,19H,10-13,16H2,1-4H3,(H2,28,30)(H,29,32)/t19-,26-. The van der Waals surface area contributed by atoms with Gasteiger partial charge in [-0.2, -0.15) is 5.26 Å². The van der Waals surface area contributed by atoms with Gasteiger partial charge in [0.15, 0.2) is 11.5 Å². The molecule has 9 heteroatoms. The number of aliphatic imine (C=N–C) groups is 1. The summed E-state index contributed by atoms with van der Waals surface area (Å²) in [7, 11) is 6.44. The molecule has 0 spiro atoms. The summed E-state index contributed by atoms with van der Waals surface area (Å²) in [6.07, 6.45) is 5.13. The molecule has 0 saturated heterocycles. The number of methoxy groups -OCH3 is 3. The average molecular weight is 480 g/mol. The van der Waals surface area contributed by atoms with Crippen molar-refractivity contribution in [2.45, 2.75) is 37.1 Å². The van der Waals surface area contributed by atoms with Crippen molar-refractivity contribution in [3.8, 4) is 23.4 Å². The lowest BCUT2D eigenvalue weighted by Crippen LogP contribution is -2.49. The van der Waals surface area contributed by atoms with Crippen LogP contribution in [0.4, 0.5) is 0 Å². The van der Waals surface area contributed by atoms with Crippen LogP contribution in [0.5, 0.6) is 17.2 Å². The molecule has 0 bridgehead atoms. The van der Waals surface area contributed by atoms with Crippen LogP contribution in [0.2, 0.25) is 0 Å². The molecule has 0 aromatic heterocycles. The zero-order valence-electron chi connectivity index (χ0n) is 20.7. The van der Waals surface area contributed by atoms with Gasteiger partial charge in [0, 0.05) is 37.2 Å². The molecule has 0 aliphatic heterocycles. The number of benzene rings is 2. The molecule has 1 aliphatic rings. The number of amides is 1. The fourth-order valence-corrected chi connectivity index (χ4v) is 4.77. The average Bonchev–Trinajstić information content (AvgIpc) is 2.91. The van der Waals surface area contributed by atoms with Gasteiger partial charge in [-0.1, -0.05) is 30.3 Å². The van der Waals surface area contributed by atoms with Crippen LogP contribution in [0.25, 0.3) is 0 Å². The number of carbonyl (C=O) groups excluding carboxylic acids is 1. The number of nitrogens with two attached hydrogens (primary N) is 1. The zero-order chi connectivity index (χ0) is 25.4. The van der Waals surface area contributed by atoms with Crippen LogP contribution in [0, 0.1) is 11.5 Å². The summed E-state index contributed by atoms with van der Waals surface area (Å²) in [6, 6.07) is 13.7. The van der Waals surface area contributed by atoms with Crippen LogP contribution in [0.15, 0.2) is 47.5 Å². The second kappa shape index (κ2) is 11.5. The summed E-state index contributed by atoms with van der Waals surface area (Å²) >= 11 is 0. The highest BCUT2D eigenvalue weighted by molar-refractivity contribution is 5.98. The topological polar surface area (TPSA) is 122 Å². The van der Waals surface area contributed by atoms with Crippen LogP contribution >= 0.6 is 0 Å². The van der Waals surface area contributed by atoms with E-state index in [-0.39, 0.29) is 23.3 Å². The summed E-state index contributed by atoms with van der Waals surface area (Å²) in [5.41, 5.74) is 7.26. The lowest BCUT2D eigenvalue weighted by Gasteiger charge is -2.43. The minimum atomic E-state index is -0.247. The third kappa shape index (κ3) is 5.60. The first-order valence-corrected chi connectivity index (χ1v) is 11.5. The Labute approximate surface area is 206 Å². The minimum Gasteiger partial charge on any atom is -0.496 e. The lowest BCUT2D eigenvalue weighted by molar-refractivity contribution is 0.0927. The number of nitrogens with one attached hydrogen (secondary N) is 1. The van der Waals surface area contributed by atoms with Crippen molar-refractivity contribution in [1.29, 1.82) is 5.26 Å². The summed E-state index contributed by atoms with van der Waals surface area (Å²) in [5, 5.41) is 12.0. The molecule has 1 saturated carbocycles. The first-order chi connectivity index (χ1) is 16.9. The Kier molecular flexibility index (Phi) is 8.42. The van der Waals surface area contributed by atoms with Crippen molar-refractivity contribution < 1.29 is 19.0 Å². The van der Waals surface area contributed by atoms with E-state index in [1.54, 1.807) is 18.3 Å². The van der Waals surface area contributed by atoms with Gasteiger partial charge in [-0.3, -0.25) is 4.79 Å². The molecule has 0 unspecified atom stereocenters. The van der Waals surface area contributed by atoms with E-state index in [2.05, 4.69) is 22.4 Å². The second-order valence-corrected chi connectivity index (χ2v) is 8.65. The number of hydrogen-bond acceptors (Lipinski definition) is 6. The largest absolute Gasteiger partial charge is 0.496 e. The molecule has 0 radical (unpaired) electrons. The smallest absolute Gasteiger partial charge is 0.255 e. The third-order valence-corrected chi connectivity index (χ3v) is 6.91. The highest BCUT2D eigenvalue weighted by Gasteiger charge is 2.38. The van der Waals surface area contributed by atoms with Crippen LogP contribution in [0.3, 0.4) is 0 Å². The fourth-order valence-electron chi connectivity index (χ4n) is 4.77. The fraction of sp³-hybridized carbons (Fsp3) is 0.423. The number of ether oxygens (including phenoxy) is 3. The number of rotatable bonds is 8. The van der Waals surface area contributed by atoms with Gasteiger partial charge in [-0.25, -0.2) is 0 Å². The summed E-state index contributed by atoms with van der Waals surface area (Å²) < 4.78 is 16.1. The highest BCUT2D eigenvalue weighted by Crippen LogP contribution is 2.41. The van der Waals surface area contributed by atoms with Crippen LogP contribution in [0.1, 0.15) is 41.6 Å². The Hall–Kier alpha value is -3.93. The van der Waals surface area contributed by atoms with Gasteiger partial charge in [-0.15, -0.1) is 4.99 Å². The molecule has 1 aliphatic carbocycles. The van der Waals surface area contributed by atoms with Crippen molar-refractivity contribution >= 4 is 11.9 Å². The Morgan fingerprint density at radius 3 is 2.29 bits per heavy atom. The minimum absolute atomic E-state index is 0.172. The second-order valence-electron chi connectivity index (χ2n) is 8.65. The van der Waals surface area contributed by atoms with E-state index in [0.29, 0.717) is 29.4 Å². The quantitative estimate of drug-likeness (QED) is 0.339. The zero-order valence-corrected chi connectivity index (χ0v) is 20.7. The molecule has 1 amide bonds. The molecule has 0 atom stereocenters. The van der Waals surface area contributed by atoms with Gasteiger partial charge in [0.05, 0.1) is 26.9 Å². The van der Waals surface area contributed by atoms with E-state index in [1.807, 2.05) is 30.1 Å². The maximum Gasteiger partial charge on any atom is 0.255 e. The summed E-state index contributed by atoms with van der Waals surface area (Å²) in [5.74, 6) is 1.33. The third-order valence-electron chi connectivity index (χ3n) is 6.91. The molecule has 0 heterocycles. The molecule has 1 fully saturated rings. The Balaban J connectivity index is 1.82. The monoisotopic (exact) mass is 479 g/mol. The molecule has 35 heavy (non-hydrogen) atoms. The molecule has 2 aromatic rings. The van der Waals surface area contributed by atoms with Crippen molar-refractivity contribution in [3.63, 3.8) is 0 Å². The van der Waals surface area contributed by atoms with Gasteiger partial charge >= 0.3 is 0 Å². The van der Waals surface area contributed by atoms with Gasteiger partial charge in [0.2, 0.25) is 12.2 Å². The van der Waals surface area contributed by atoms with Gasteiger partial charge in [0.25, 0.3) is 5.91 Å². The Bertz CT molecular complexity index is 1090. The lowest BCUT2D eigenvalue weighted by atomic mass is 9.68. The predicted molar refractivity (Wildman–Crippen MR) is 134 cm³/mol. The van der Waals surface area contributed by atoms with Crippen LogP contribution < -0.4 is 25.3 Å². The van der Waals surface area contributed by atoms with Crippen LogP contribution in [-0.4, -0.2) is 57.7 Å². The number of nitriles is 1. The number of hydrogen-bond donors (Lipinski definition) is 2. The van der Waals surface area contributed by atoms with Gasteiger partial charge in [0.1, 0.15) is 5.75 Å². The van der Waals surface area contributed by atoms with E-state index in [0.717, 1.165) is 25.7 Å². The molecule has 2 aromatic carbocycles. The normalized spacial score (nSPS) is 19.9. The van der Waals surface area contributed by atoms with E-state index in [9.17, 15) is 4.79 Å². The maximum atomic E-state index is 13.3. The van der Waals surface area contributed by atoms with Crippen molar-refractivity contribution in [3.05, 3.63) is 53.6 Å². The highest BCUT2D eigenvalue weighted by atomic mass is 16.5. The molecular formula is C26H33N5O4. The molecule has 3 rings (SSSR count). The van der Waals surface area contributed by atoms with Crippen molar-refractivity contribution in [2.24, 2.45) is 10.7 Å². The van der Waals surface area contributed by atoms with Crippen LogP contribution in [-0.2, 0) is 5.41 Å². The van der Waals surface area contributed by atoms with E-state index in [4.69, 9.17) is 25.2 Å². The summed E-state index contributed by atoms with van der Waals surface area (Å²) in [4.78, 5) is 18.8. The molecule has 3 N–H and O–H groups in total. The number of guanidine groups is 1. The van der Waals surface area contributed by atoms with Crippen molar-refractivity contribution in [1.82, 2.24) is 10.2 Å². The number of carbonyl (C=O) groups is 1. The van der Waals surface area contributed by atoms with E-state index in [1.165, 1.54) is 26.9 Å². The number of nitrogens with zero attached hydrogens (tertiary/aromatic N) is 3. The van der Waals surface area contributed by atoms with Gasteiger partial charge in [-0.05, 0) is 31.2 Å². The first kappa shape index (κ1) is 25.7. The van der Waals surface area contributed by atoms with E-state index >= 15 is 0 Å².